The lowest BCUT2D eigenvalue weighted by molar-refractivity contribution is 0.386. The number of nitrogens with two attached hydrogens (primary N) is 1. The lowest BCUT2D eigenvalue weighted by Crippen LogP contribution is -2.11. The molecular weight excluding hydrogens is 397 g/mol. The average molecular weight is 409 g/mol. The first-order chi connectivity index (χ1) is 9.01. The van der Waals surface area contributed by atoms with Gasteiger partial charge in [-0.05, 0) is 62.0 Å². The molecule has 0 aliphatic heterocycles. The van der Waals surface area contributed by atoms with Crippen molar-refractivity contribution < 1.29 is 9.13 Å². The zero-order chi connectivity index (χ0) is 14.0. The van der Waals surface area contributed by atoms with E-state index in [0.29, 0.717) is 6.42 Å². The molecule has 0 saturated heterocycles. The van der Waals surface area contributed by atoms with Crippen LogP contribution in [-0.4, -0.2) is 7.11 Å². The van der Waals surface area contributed by atoms with Gasteiger partial charge in [0.25, 0.3) is 0 Å². The van der Waals surface area contributed by atoms with Crippen molar-refractivity contribution in [1.82, 2.24) is 0 Å². The maximum absolute atomic E-state index is 13.6. The molecular formula is C13H12Br2FNOS. The molecule has 0 radical (unpaired) electrons. The van der Waals surface area contributed by atoms with Gasteiger partial charge in [0, 0.05) is 15.4 Å². The molecule has 0 fully saturated rings. The van der Waals surface area contributed by atoms with Gasteiger partial charge in [-0.2, -0.15) is 0 Å². The summed E-state index contributed by atoms with van der Waals surface area (Å²) in [5.74, 6) is -0.111. The Balaban J connectivity index is 2.14. The van der Waals surface area contributed by atoms with Crippen molar-refractivity contribution in [2.24, 2.45) is 5.73 Å². The van der Waals surface area contributed by atoms with Gasteiger partial charge in [-0.3, -0.25) is 0 Å². The van der Waals surface area contributed by atoms with Crippen LogP contribution >= 0.6 is 43.2 Å². The molecule has 1 heterocycles. The van der Waals surface area contributed by atoms with Crippen LogP contribution in [-0.2, 0) is 6.42 Å². The molecule has 2 rings (SSSR count). The smallest absolute Gasteiger partial charge is 0.165 e. The lowest BCUT2D eigenvalue weighted by atomic mass is 10.1. The largest absolute Gasteiger partial charge is 0.494 e. The van der Waals surface area contributed by atoms with Crippen LogP contribution in [0, 0.1) is 5.82 Å². The van der Waals surface area contributed by atoms with Crippen molar-refractivity contribution >= 4 is 43.2 Å². The summed E-state index contributed by atoms with van der Waals surface area (Å²) in [6, 6.07) is 6.76. The molecule has 2 aromatic rings. The van der Waals surface area contributed by atoms with Gasteiger partial charge in [0.05, 0.1) is 10.9 Å². The summed E-state index contributed by atoms with van der Waals surface area (Å²) in [4.78, 5) is 1.05. The Morgan fingerprint density at radius 1 is 1.37 bits per heavy atom. The second kappa shape index (κ2) is 6.35. The van der Waals surface area contributed by atoms with Gasteiger partial charge in [0.2, 0.25) is 0 Å². The number of benzene rings is 1. The van der Waals surface area contributed by atoms with Crippen LogP contribution in [0.3, 0.4) is 0 Å². The summed E-state index contributed by atoms with van der Waals surface area (Å²) in [6.45, 7) is 0. The minimum Gasteiger partial charge on any atom is -0.494 e. The van der Waals surface area contributed by atoms with Gasteiger partial charge in [0.15, 0.2) is 11.6 Å². The number of rotatable bonds is 4. The summed E-state index contributed by atoms with van der Waals surface area (Å²) >= 11 is 8.45. The third kappa shape index (κ3) is 3.56. The third-order valence-corrected chi connectivity index (χ3v) is 6.09. The highest BCUT2D eigenvalue weighted by Crippen LogP contribution is 2.35. The van der Waals surface area contributed by atoms with Gasteiger partial charge in [-0.1, -0.05) is 6.07 Å². The van der Waals surface area contributed by atoms with E-state index < -0.39 is 0 Å². The molecule has 0 amide bonds. The Morgan fingerprint density at radius 3 is 2.63 bits per heavy atom. The molecule has 0 aliphatic rings. The second-order valence-corrected chi connectivity index (χ2v) is 7.31. The molecule has 0 aliphatic carbocycles. The number of halogens is 3. The van der Waals surface area contributed by atoms with Crippen LogP contribution in [0.15, 0.2) is 32.5 Å². The molecule has 1 atom stereocenters. The first-order valence-corrected chi connectivity index (χ1v) is 7.94. The number of methoxy groups -OCH3 is 1. The average Bonchev–Trinajstić information content (AvgIpc) is 2.70. The van der Waals surface area contributed by atoms with Crippen molar-refractivity contribution in [3.8, 4) is 5.75 Å². The van der Waals surface area contributed by atoms with E-state index >= 15 is 0 Å². The predicted molar refractivity (Wildman–Crippen MR) is 83.3 cm³/mol. The Hall–Kier alpha value is -0.430. The highest BCUT2D eigenvalue weighted by atomic mass is 79.9. The molecule has 0 bridgehead atoms. The first kappa shape index (κ1) is 15.0. The molecule has 6 heteroatoms. The monoisotopic (exact) mass is 407 g/mol. The minimum absolute atomic E-state index is 0.152. The van der Waals surface area contributed by atoms with Crippen molar-refractivity contribution in [3.63, 3.8) is 0 Å². The number of hydrogen-bond donors (Lipinski definition) is 1. The summed E-state index contributed by atoms with van der Waals surface area (Å²) in [7, 11) is 1.45. The van der Waals surface area contributed by atoms with E-state index in [1.165, 1.54) is 13.2 Å². The van der Waals surface area contributed by atoms with Gasteiger partial charge in [0.1, 0.15) is 0 Å². The van der Waals surface area contributed by atoms with E-state index in [1.54, 1.807) is 17.4 Å². The fraction of sp³-hybridized carbons (Fsp3) is 0.231. The predicted octanol–water partition coefficient (Wildman–Crippen LogP) is 4.66. The van der Waals surface area contributed by atoms with E-state index in [2.05, 4.69) is 31.9 Å². The van der Waals surface area contributed by atoms with Crippen molar-refractivity contribution in [2.45, 2.75) is 12.5 Å². The topological polar surface area (TPSA) is 35.2 Å². The van der Waals surface area contributed by atoms with Crippen LogP contribution in [0.4, 0.5) is 4.39 Å². The fourth-order valence-electron chi connectivity index (χ4n) is 1.74. The van der Waals surface area contributed by atoms with Crippen LogP contribution in [0.25, 0.3) is 0 Å². The van der Waals surface area contributed by atoms with Gasteiger partial charge < -0.3 is 10.5 Å². The molecule has 1 aromatic heterocycles. The van der Waals surface area contributed by atoms with Gasteiger partial charge >= 0.3 is 0 Å². The van der Waals surface area contributed by atoms with E-state index in [1.807, 2.05) is 12.1 Å². The molecule has 2 nitrogen and oxygen atoms in total. The van der Waals surface area contributed by atoms with Crippen LogP contribution in [0.5, 0.6) is 5.75 Å². The minimum atomic E-state index is -0.360. The van der Waals surface area contributed by atoms with Crippen molar-refractivity contribution in [3.05, 3.63) is 48.8 Å². The van der Waals surface area contributed by atoms with Gasteiger partial charge in [-0.25, -0.2) is 4.39 Å². The van der Waals surface area contributed by atoms with E-state index in [9.17, 15) is 4.39 Å². The zero-order valence-electron chi connectivity index (χ0n) is 10.1. The molecule has 102 valence electrons. The van der Waals surface area contributed by atoms with Gasteiger partial charge in [-0.15, -0.1) is 11.3 Å². The third-order valence-electron chi connectivity index (χ3n) is 2.70. The van der Waals surface area contributed by atoms with E-state index in [4.69, 9.17) is 10.5 Å². The Kier molecular flexibility index (Phi) is 5.00. The Bertz CT molecular complexity index is 569. The second-order valence-electron chi connectivity index (χ2n) is 4.05. The first-order valence-electron chi connectivity index (χ1n) is 5.54. The highest BCUT2D eigenvalue weighted by Gasteiger charge is 2.13. The highest BCUT2D eigenvalue weighted by molar-refractivity contribution is 9.13. The van der Waals surface area contributed by atoms with Crippen LogP contribution < -0.4 is 10.5 Å². The standard InChI is InChI=1S/C13H12Br2FNOS/c1-18-11-3-2-7(4-9(11)16)5-10(17)12-6-8(14)13(15)19-12/h2-4,6,10H,5,17H2,1H3. The molecule has 0 saturated carbocycles. The SMILES string of the molecule is COc1ccc(CC(N)c2cc(Br)c(Br)s2)cc1F. The maximum atomic E-state index is 13.6. The molecule has 1 aromatic carbocycles. The number of hydrogen-bond acceptors (Lipinski definition) is 3. The van der Waals surface area contributed by atoms with Crippen LogP contribution in [0.2, 0.25) is 0 Å². The summed E-state index contributed by atoms with van der Waals surface area (Å²) in [5.41, 5.74) is 7.00. The number of thiophene rings is 1. The maximum Gasteiger partial charge on any atom is 0.165 e. The molecule has 19 heavy (non-hydrogen) atoms. The Labute approximate surface area is 132 Å². The zero-order valence-corrected chi connectivity index (χ0v) is 14.1. The molecule has 2 N–H and O–H groups in total. The lowest BCUT2D eigenvalue weighted by Gasteiger charge is -2.10. The van der Waals surface area contributed by atoms with Crippen molar-refractivity contribution in [1.29, 1.82) is 0 Å². The Morgan fingerprint density at radius 2 is 2.11 bits per heavy atom. The summed E-state index contributed by atoms with van der Waals surface area (Å²) < 4.78 is 20.5. The summed E-state index contributed by atoms with van der Waals surface area (Å²) in [6.07, 6.45) is 0.584. The van der Waals surface area contributed by atoms with E-state index in [-0.39, 0.29) is 17.6 Å². The quantitative estimate of drug-likeness (QED) is 0.798. The molecule has 0 spiro atoms. The van der Waals surface area contributed by atoms with Crippen molar-refractivity contribution in [2.75, 3.05) is 7.11 Å². The fourth-order valence-corrected chi connectivity index (χ4v) is 3.83. The molecule has 1 unspecified atom stereocenters. The summed E-state index contributed by atoms with van der Waals surface area (Å²) in [5, 5.41) is 0. The number of ether oxygens (including phenoxy) is 1. The van der Waals surface area contributed by atoms with E-state index in [0.717, 1.165) is 18.7 Å². The normalized spacial score (nSPS) is 12.5. The van der Waals surface area contributed by atoms with Crippen LogP contribution in [0.1, 0.15) is 16.5 Å².